The number of nitrogens with zero attached hydrogens (tertiary/aromatic N) is 2. The molecule has 1 atom stereocenters. The summed E-state index contributed by atoms with van der Waals surface area (Å²) in [6.45, 7) is 4.12. The molecule has 0 saturated carbocycles. The van der Waals surface area contributed by atoms with E-state index in [9.17, 15) is 9.59 Å². The van der Waals surface area contributed by atoms with Crippen molar-refractivity contribution in [1.29, 1.82) is 0 Å². The maximum absolute atomic E-state index is 11.5. The van der Waals surface area contributed by atoms with E-state index in [1.54, 1.807) is 0 Å². The topological polar surface area (TPSA) is 118 Å². The molecular weight excluding hydrogens is 256 g/mol. The van der Waals surface area contributed by atoms with Crippen LogP contribution in [0.4, 0.5) is 5.13 Å². The van der Waals surface area contributed by atoms with E-state index in [0.29, 0.717) is 11.0 Å². The number of anilines is 1. The van der Waals surface area contributed by atoms with Crippen LogP contribution in [-0.4, -0.2) is 33.2 Å². The highest BCUT2D eigenvalue weighted by Crippen LogP contribution is 2.18. The predicted molar refractivity (Wildman–Crippen MR) is 67.3 cm³/mol. The van der Waals surface area contributed by atoms with Gasteiger partial charge >= 0.3 is 5.97 Å². The SMILES string of the molecule is CC(C)Cc1nnc(NC(=O)C(N)CC(=O)O)s1. The quantitative estimate of drug-likeness (QED) is 0.693. The lowest BCUT2D eigenvalue weighted by atomic mass is 10.1. The van der Waals surface area contributed by atoms with Crippen molar-refractivity contribution in [1.82, 2.24) is 10.2 Å². The monoisotopic (exact) mass is 272 g/mol. The van der Waals surface area contributed by atoms with E-state index < -0.39 is 24.3 Å². The number of aliphatic carboxylic acids is 1. The van der Waals surface area contributed by atoms with Gasteiger partial charge in [-0.1, -0.05) is 25.2 Å². The number of aromatic nitrogens is 2. The molecule has 1 amide bonds. The van der Waals surface area contributed by atoms with Crippen LogP contribution in [0.15, 0.2) is 0 Å². The minimum Gasteiger partial charge on any atom is -0.481 e. The molecule has 0 aliphatic heterocycles. The van der Waals surface area contributed by atoms with Gasteiger partial charge in [0.05, 0.1) is 12.5 Å². The van der Waals surface area contributed by atoms with Crippen LogP contribution in [0.3, 0.4) is 0 Å². The Kier molecular flexibility index (Phi) is 5.17. The molecule has 0 bridgehead atoms. The van der Waals surface area contributed by atoms with Crippen LogP contribution >= 0.6 is 11.3 Å². The molecule has 0 aliphatic carbocycles. The normalized spacial score (nSPS) is 12.4. The van der Waals surface area contributed by atoms with Crippen LogP contribution in [0.5, 0.6) is 0 Å². The molecule has 1 aromatic rings. The summed E-state index contributed by atoms with van der Waals surface area (Å²) in [5.41, 5.74) is 5.42. The number of hydrogen-bond donors (Lipinski definition) is 3. The summed E-state index contributed by atoms with van der Waals surface area (Å²) in [7, 11) is 0. The lowest BCUT2D eigenvalue weighted by Crippen LogP contribution is -2.37. The van der Waals surface area contributed by atoms with E-state index >= 15 is 0 Å². The van der Waals surface area contributed by atoms with Crippen molar-refractivity contribution in [2.75, 3.05) is 5.32 Å². The summed E-state index contributed by atoms with van der Waals surface area (Å²) in [5, 5.41) is 19.9. The number of amides is 1. The molecule has 1 aromatic heterocycles. The molecular formula is C10H16N4O3S. The number of hydrogen-bond acceptors (Lipinski definition) is 6. The van der Waals surface area contributed by atoms with Gasteiger partial charge in [-0.05, 0) is 5.92 Å². The Bertz CT molecular complexity index is 433. The van der Waals surface area contributed by atoms with Crippen molar-refractivity contribution in [2.45, 2.75) is 32.7 Å². The zero-order chi connectivity index (χ0) is 13.7. The van der Waals surface area contributed by atoms with Crippen LogP contribution < -0.4 is 11.1 Å². The number of carboxylic acid groups (broad SMARTS) is 1. The fourth-order valence-corrected chi connectivity index (χ4v) is 2.17. The second-order valence-corrected chi connectivity index (χ2v) is 5.35. The fourth-order valence-electron chi connectivity index (χ4n) is 1.21. The minimum atomic E-state index is -1.12. The number of carbonyl (C=O) groups is 2. The maximum atomic E-state index is 11.5. The molecule has 0 aliphatic rings. The number of nitrogens with two attached hydrogens (primary N) is 1. The van der Waals surface area contributed by atoms with Crippen molar-refractivity contribution in [3.8, 4) is 0 Å². The molecule has 7 nitrogen and oxygen atoms in total. The highest BCUT2D eigenvalue weighted by molar-refractivity contribution is 7.15. The Balaban J connectivity index is 2.54. The molecule has 100 valence electrons. The summed E-state index contributed by atoms with van der Waals surface area (Å²) < 4.78 is 0. The molecule has 18 heavy (non-hydrogen) atoms. The average Bonchev–Trinajstić information content (AvgIpc) is 2.63. The summed E-state index contributed by atoms with van der Waals surface area (Å²) >= 11 is 1.27. The summed E-state index contributed by atoms with van der Waals surface area (Å²) in [6, 6.07) is -1.08. The molecule has 8 heteroatoms. The molecule has 1 rings (SSSR count). The van der Waals surface area contributed by atoms with Crippen molar-refractivity contribution < 1.29 is 14.7 Å². The first-order valence-electron chi connectivity index (χ1n) is 5.49. The second kappa shape index (κ2) is 6.41. The Morgan fingerprint density at radius 3 is 2.67 bits per heavy atom. The lowest BCUT2D eigenvalue weighted by molar-refractivity contribution is -0.138. The Morgan fingerprint density at radius 1 is 1.44 bits per heavy atom. The van der Waals surface area contributed by atoms with Crippen LogP contribution in [0, 0.1) is 5.92 Å². The molecule has 1 unspecified atom stereocenters. The standard InChI is InChI=1S/C10H16N4O3S/c1-5(2)3-7-13-14-10(18-7)12-9(17)6(11)4-8(15)16/h5-6H,3-4,11H2,1-2H3,(H,15,16)(H,12,14,17). The molecule has 0 aromatic carbocycles. The first-order valence-corrected chi connectivity index (χ1v) is 6.30. The van der Waals surface area contributed by atoms with E-state index in [2.05, 4.69) is 29.4 Å². The van der Waals surface area contributed by atoms with Gasteiger partial charge in [0.15, 0.2) is 0 Å². The summed E-state index contributed by atoms with van der Waals surface area (Å²) in [4.78, 5) is 21.9. The number of nitrogens with one attached hydrogen (secondary N) is 1. The maximum Gasteiger partial charge on any atom is 0.305 e. The third-order valence-electron chi connectivity index (χ3n) is 2.01. The van der Waals surface area contributed by atoms with Gasteiger partial charge in [-0.3, -0.25) is 14.9 Å². The van der Waals surface area contributed by atoms with E-state index in [1.165, 1.54) is 11.3 Å². The molecule has 1 heterocycles. The summed E-state index contributed by atoms with van der Waals surface area (Å²) in [5.74, 6) is -1.23. The van der Waals surface area contributed by atoms with Crippen molar-refractivity contribution in [3.05, 3.63) is 5.01 Å². The van der Waals surface area contributed by atoms with E-state index in [-0.39, 0.29) is 0 Å². The van der Waals surface area contributed by atoms with Gasteiger partial charge in [-0.25, -0.2) is 0 Å². The second-order valence-electron chi connectivity index (χ2n) is 4.29. The average molecular weight is 272 g/mol. The van der Waals surface area contributed by atoms with Crippen LogP contribution in [0.2, 0.25) is 0 Å². The molecule has 0 saturated heterocycles. The smallest absolute Gasteiger partial charge is 0.305 e. The highest BCUT2D eigenvalue weighted by Gasteiger charge is 2.18. The zero-order valence-electron chi connectivity index (χ0n) is 10.2. The predicted octanol–water partition coefficient (Wildman–Crippen LogP) is 0.477. The first kappa shape index (κ1) is 14.5. The van der Waals surface area contributed by atoms with Crippen molar-refractivity contribution in [3.63, 3.8) is 0 Å². The van der Waals surface area contributed by atoms with Gasteiger partial charge < -0.3 is 10.8 Å². The van der Waals surface area contributed by atoms with Gasteiger partial charge in [0.1, 0.15) is 5.01 Å². The van der Waals surface area contributed by atoms with E-state index in [0.717, 1.165) is 11.4 Å². The van der Waals surface area contributed by atoms with Gasteiger partial charge in [0, 0.05) is 6.42 Å². The van der Waals surface area contributed by atoms with Crippen molar-refractivity contribution in [2.24, 2.45) is 11.7 Å². The molecule has 0 radical (unpaired) electrons. The molecule has 4 N–H and O–H groups in total. The highest BCUT2D eigenvalue weighted by atomic mass is 32.1. The zero-order valence-corrected chi connectivity index (χ0v) is 11.0. The van der Waals surface area contributed by atoms with Gasteiger partial charge in [-0.15, -0.1) is 10.2 Å². The van der Waals surface area contributed by atoms with Gasteiger partial charge in [-0.2, -0.15) is 0 Å². The third-order valence-corrected chi connectivity index (χ3v) is 2.87. The third kappa shape index (κ3) is 4.76. The van der Waals surface area contributed by atoms with Crippen molar-refractivity contribution >= 4 is 28.3 Å². The fraction of sp³-hybridized carbons (Fsp3) is 0.600. The minimum absolute atomic E-state index is 0.344. The van der Waals surface area contributed by atoms with Gasteiger partial charge in [0.25, 0.3) is 0 Å². The Labute approximate surface area is 108 Å². The Hall–Kier alpha value is -1.54. The van der Waals surface area contributed by atoms with Crippen LogP contribution in [-0.2, 0) is 16.0 Å². The largest absolute Gasteiger partial charge is 0.481 e. The van der Waals surface area contributed by atoms with Crippen LogP contribution in [0.25, 0.3) is 0 Å². The Morgan fingerprint density at radius 2 is 2.11 bits per heavy atom. The summed E-state index contributed by atoms with van der Waals surface area (Å²) in [6.07, 6.45) is 0.373. The first-order chi connectivity index (χ1) is 8.38. The molecule has 0 fully saturated rings. The lowest BCUT2D eigenvalue weighted by Gasteiger charge is -2.06. The van der Waals surface area contributed by atoms with E-state index in [1.807, 2.05) is 0 Å². The molecule has 0 spiro atoms. The number of carboxylic acids is 1. The number of rotatable bonds is 6. The van der Waals surface area contributed by atoms with Crippen LogP contribution in [0.1, 0.15) is 25.3 Å². The van der Waals surface area contributed by atoms with E-state index in [4.69, 9.17) is 10.8 Å². The van der Waals surface area contributed by atoms with Gasteiger partial charge in [0.2, 0.25) is 11.0 Å². The number of carbonyl (C=O) groups excluding carboxylic acids is 1.